The van der Waals surface area contributed by atoms with Gasteiger partial charge in [0, 0.05) is 49.5 Å². The SMILES string of the molecule is O=C(c1ccco1)N1CCN(c2nccn3c(-c4ccsc4)cnc23)CC1. The zero-order chi connectivity index (χ0) is 18.2. The molecule has 1 amide bonds. The predicted molar refractivity (Wildman–Crippen MR) is 103 cm³/mol. The molecule has 7 nitrogen and oxygen atoms in total. The van der Waals surface area contributed by atoms with Crippen LogP contribution in [0.1, 0.15) is 10.6 Å². The van der Waals surface area contributed by atoms with E-state index in [0.29, 0.717) is 31.9 Å². The van der Waals surface area contributed by atoms with Crippen LogP contribution in [0.5, 0.6) is 0 Å². The quantitative estimate of drug-likeness (QED) is 0.547. The van der Waals surface area contributed by atoms with Gasteiger partial charge in [0.05, 0.1) is 18.2 Å². The minimum absolute atomic E-state index is 0.0635. The maximum absolute atomic E-state index is 12.4. The number of anilines is 1. The third-order valence-electron chi connectivity index (χ3n) is 4.82. The first-order valence-corrected chi connectivity index (χ1v) is 9.68. The Morgan fingerprint density at radius 3 is 2.78 bits per heavy atom. The van der Waals surface area contributed by atoms with Gasteiger partial charge in [-0.1, -0.05) is 0 Å². The van der Waals surface area contributed by atoms with Gasteiger partial charge < -0.3 is 14.2 Å². The van der Waals surface area contributed by atoms with Crippen molar-refractivity contribution < 1.29 is 9.21 Å². The number of fused-ring (bicyclic) bond motifs is 1. The van der Waals surface area contributed by atoms with Gasteiger partial charge in [-0.3, -0.25) is 9.20 Å². The van der Waals surface area contributed by atoms with Crippen LogP contribution in [0, 0.1) is 0 Å². The molecule has 5 heterocycles. The summed E-state index contributed by atoms with van der Waals surface area (Å²) < 4.78 is 7.30. The highest BCUT2D eigenvalue weighted by molar-refractivity contribution is 7.08. The summed E-state index contributed by atoms with van der Waals surface area (Å²) >= 11 is 1.67. The second-order valence-corrected chi connectivity index (χ2v) is 7.14. The number of furan rings is 1. The van der Waals surface area contributed by atoms with Crippen LogP contribution in [-0.4, -0.2) is 51.4 Å². The summed E-state index contributed by atoms with van der Waals surface area (Å²) in [4.78, 5) is 25.6. The summed E-state index contributed by atoms with van der Waals surface area (Å²) in [5.74, 6) is 1.17. The second-order valence-electron chi connectivity index (χ2n) is 6.36. The number of hydrogen-bond acceptors (Lipinski definition) is 6. The topological polar surface area (TPSA) is 66.9 Å². The first-order chi connectivity index (χ1) is 13.3. The molecule has 0 aliphatic carbocycles. The molecule has 1 aliphatic heterocycles. The van der Waals surface area contributed by atoms with Crippen LogP contribution in [0.3, 0.4) is 0 Å². The van der Waals surface area contributed by atoms with E-state index in [2.05, 4.69) is 36.1 Å². The average molecular weight is 379 g/mol. The van der Waals surface area contributed by atoms with E-state index in [0.717, 1.165) is 22.7 Å². The van der Waals surface area contributed by atoms with Gasteiger partial charge in [0.2, 0.25) is 0 Å². The van der Waals surface area contributed by atoms with Gasteiger partial charge in [0.15, 0.2) is 17.2 Å². The molecule has 0 N–H and O–H groups in total. The molecule has 1 aliphatic rings. The number of piperazine rings is 1. The lowest BCUT2D eigenvalue weighted by molar-refractivity contribution is 0.0714. The van der Waals surface area contributed by atoms with Gasteiger partial charge in [-0.25, -0.2) is 9.97 Å². The van der Waals surface area contributed by atoms with Crippen molar-refractivity contribution in [3.63, 3.8) is 0 Å². The van der Waals surface area contributed by atoms with Crippen LogP contribution in [0.4, 0.5) is 5.82 Å². The molecule has 27 heavy (non-hydrogen) atoms. The highest BCUT2D eigenvalue weighted by Gasteiger charge is 2.25. The van der Waals surface area contributed by atoms with Crippen LogP contribution < -0.4 is 4.90 Å². The van der Waals surface area contributed by atoms with Crippen LogP contribution in [-0.2, 0) is 0 Å². The van der Waals surface area contributed by atoms with Crippen molar-refractivity contribution in [3.05, 3.63) is 59.6 Å². The highest BCUT2D eigenvalue weighted by Crippen LogP contribution is 2.27. The van der Waals surface area contributed by atoms with E-state index in [9.17, 15) is 4.79 Å². The normalized spacial score (nSPS) is 14.8. The van der Waals surface area contributed by atoms with Gasteiger partial charge >= 0.3 is 0 Å². The number of carbonyl (C=O) groups excluding carboxylic acids is 1. The molecule has 4 aromatic heterocycles. The van der Waals surface area contributed by atoms with E-state index in [1.165, 1.54) is 6.26 Å². The van der Waals surface area contributed by atoms with Crippen molar-refractivity contribution in [2.75, 3.05) is 31.1 Å². The molecule has 0 bridgehead atoms. The summed E-state index contributed by atoms with van der Waals surface area (Å²) in [6, 6.07) is 5.53. The van der Waals surface area contributed by atoms with Crippen LogP contribution >= 0.6 is 11.3 Å². The second kappa shape index (κ2) is 6.55. The van der Waals surface area contributed by atoms with Gasteiger partial charge in [-0.15, -0.1) is 0 Å². The number of amides is 1. The van der Waals surface area contributed by atoms with Crippen LogP contribution in [0.25, 0.3) is 16.9 Å². The number of carbonyl (C=O) groups is 1. The Bertz CT molecular complexity index is 1060. The molecule has 1 fully saturated rings. The molecule has 0 saturated carbocycles. The van der Waals surface area contributed by atoms with Crippen LogP contribution in [0.2, 0.25) is 0 Å². The number of imidazole rings is 1. The molecule has 136 valence electrons. The van der Waals surface area contributed by atoms with E-state index in [1.807, 2.05) is 17.3 Å². The number of nitrogens with zero attached hydrogens (tertiary/aromatic N) is 5. The molecule has 0 radical (unpaired) electrons. The van der Waals surface area contributed by atoms with E-state index in [1.54, 1.807) is 29.7 Å². The predicted octanol–water partition coefficient (Wildman–Crippen LogP) is 3.01. The summed E-state index contributed by atoms with van der Waals surface area (Å²) in [6.45, 7) is 2.67. The van der Waals surface area contributed by atoms with Crippen molar-refractivity contribution in [1.82, 2.24) is 19.3 Å². The van der Waals surface area contributed by atoms with E-state index in [4.69, 9.17) is 4.42 Å². The zero-order valence-electron chi connectivity index (χ0n) is 14.5. The van der Waals surface area contributed by atoms with Crippen molar-refractivity contribution in [1.29, 1.82) is 0 Å². The molecular weight excluding hydrogens is 362 g/mol. The molecular formula is C19H17N5O2S. The van der Waals surface area contributed by atoms with Gasteiger partial charge in [-0.2, -0.15) is 11.3 Å². The maximum Gasteiger partial charge on any atom is 0.289 e. The fourth-order valence-corrected chi connectivity index (χ4v) is 4.08. The fraction of sp³-hybridized carbons (Fsp3) is 0.211. The molecule has 0 spiro atoms. The van der Waals surface area contributed by atoms with Gasteiger partial charge in [0.25, 0.3) is 5.91 Å². The first kappa shape index (κ1) is 16.1. The standard InChI is InChI=1S/C19H17N5O2S/c25-19(16-2-1-10-26-16)23-8-6-22(7-9-23)17-18-21-12-15(14-3-11-27-13-14)24(18)5-4-20-17/h1-5,10-13H,6-9H2. The number of rotatable bonds is 3. The van der Waals surface area contributed by atoms with Crippen molar-refractivity contribution in [2.45, 2.75) is 0 Å². The van der Waals surface area contributed by atoms with Gasteiger partial charge in [-0.05, 0) is 23.6 Å². The van der Waals surface area contributed by atoms with Crippen molar-refractivity contribution in [3.8, 4) is 11.3 Å². The summed E-state index contributed by atoms with van der Waals surface area (Å²) in [7, 11) is 0. The Morgan fingerprint density at radius 1 is 1.15 bits per heavy atom. The minimum Gasteiger partial charge on any atom is -0.459 e. The van der Waals surface area contributed by atoms with Crippen molar-refractivity contribution in [2.24, 2.45) is 0 Å². The number of thiophene rings is 1. The molecule has 8 heteroatoms. The lowest BCUT2D eigenvalue weighted by Crippen LogP contribution is -2.49. The molecule has 1 saturated heterocycles. The smallest absolute Gasteiger partial charge is 0.289 e. The first-order valence-electron chi connectivity index (χ1n) is 8.73. The summed E-state index contributed by atoms with van der Waals surface area (Å²) in [6.07, 6.45) is 7.16. The Morgan fingerprint density at radius 2 is 2.04 bits per heavy atom. The van der Waals surface area contributed by atoms with Crippen molar-refractivity contribution >= 4 is 28.7 Å². The molecule has 0 aromatic carbocycles. The maximum atomic E-state index is 12.4. The Labute approximate surface area is 159 Å². The fourth-order valence-electron chi connectivity index (χ4n) is 3.43. The lowest BCUT2D eigenvalue weighted by Gasteiger charge is -2.35. The zero-order valence-corrected chi connectivity index (χ0v) is 15.3. The number of hydrogen-bond donors (Lipinski definition) is 0. The highest BCUT2D eigenvalue weighted by atomic mass is 32.1. The minimum atomic E-state index is -0.0635. The molecule has 0 atom stereocenters. The average Bonchev–Trinajstić information content (AvgIpc) is 3.48. The molecule has 4 aromatic rings. The molecule has 0 unspecified atom stereocenters. The lowest BCUT2D eigenvalue weighted by atomic mass is 10.2. The number of aromatic nitrogens is 3. The van der Waals surface area contributed by atoms with Gasteiger partial charge in [0.1, 0.15) is 0 Å². The molecule has 5 rings (SSSR count). The Kier molecular flexibility index (Phi) is 3.90. The van der Waals surface area contributed by atoms with E-state index in [-0.39, 0.29) is 5.91 Å². The third kappa shape index (κ3) is 2.78. The summed E-state index contributed by atoms with van der Waals surface area (Å²) in [5, 5.41) is 4.18. The monoisotopic (exact) mass is 379 g/mol. The van der Waals surface area contributed by atoms with E-state index < -0.39 is 0 Å². The summed E-state index contributed by atoms with van der Waals surface area (Å²) in [5.41, 5.74) is 3.05. The third-order valence-corrected chi connectivity index (χ3v) is 5.51. The Balaban J connectivity index is 1.38. The van der Waals surface area contributed by atoms with Crippen LogP contribution in [0.15, 0.2) is 58.2 Å². The van der Waals surface area contributed by atoms with E-state index >= 15 is 0 Å². The Hall–Kier alpha value is -3.13. The largest absolute Gasteiger partial charge is 0.459 e.